The molecule has 1 rings (SSSR count). The highest BCUT2D eigenvalue weighted by Crippen LogP contribution is 2.40. The van der Waals surface area contributed by atoms with Gasteiger partial charge in [0.1, 0.15) is 0 Å². The topological polar surface area (TPSA) is 0 Å². The molecule has 2 unspecified atom stereocenters. The first kappa shape index (κ1) is 22.2. The standard InChI is InChI=1S/C22H36Br2/c1-5-9-11-13-17(7-3)19-15-21(23)22(24)16-20(19)18(8-4)14-12-10-6-2/h15-18H,5-14H2,1-4H3. The van der Waals surface area contributed by atoms with E-state index in [-0.39, 0.29) is 0 Å². The summed E-state index contributed by atoms with van der Waals surface area (Å²) in [5.74, 6) is 1.41. The van der Waals surface area contributed by atoms with Crippen LogP contribution in [0, 0.1) is 0 Å². The highest BCUT2D eigenvalue weighted by molar-refractivity contribution is 9.13. The lowest BCUT2D eigenvalue weighted by molar-refractivity contribution is 0.521. The third-order valence-corrected chi connectivity index (χ3v) is 7.15. The average molecular weight is 460 g/mol. The van der Waals surface area contributed by atoms with Gasteiger partial charge in [0.15, 0.2) is 0 Å². The Hall–Kier alpha value is 0.180. The van der Waals surface area contributed by atoms with E-state index in [0.717, 1.165) is 0 Å². The van der Waals surface area contributed by atoms with Gasteiger partial charge in [0, 0.05) is 8.95 Å². The van der Waals surface area contributed by atoms with Gasteiger partial charge in [-0.1, -0.05) is 66.2 Å². The third kappa shape index (κ3) is 6.83. The van der Waals surface area contributed by atoms with Crippen molar-refractivity contribution < 1.29 is 0 Å². The fraction of sp³-hybridized carbons (Fsp3) is 0.727. The fourth-order valence-corrected chi connectivity index (χ4v) is 4.45. The molecule has 0 spiro atoms. The second-order valence-corrected chi connectivity index (χ2v) is 8.81. The third-order valence-electron chi connectivity index (χ3n) is 5.30. The normalized spacial score (nSPS) is 13.9. The highest BCUT2D eigenvalue weighted by Gasteiger charge is 2.20. The lowest BCUT2D eigenvalue weighted by Gasteiger charge is -2.25. The van der Waals surface area contributed by atoms with Gasteiger partial charge in [-0.05, 0) is 92.6 Å². The highest BCUT2D eigenvalue weighted by atomic mass is 79.9. The molecule has 0 aliphatic carbocycles. The van der Waals surface area contributed by atoms with Crippen molar-refractivity contribution in [2.75, 3.05) is 0 Å². The molecule has 0 saturated heterocycles. The monoisotopic (exact) mass is 458 g/mol. The van der Waals surface area contributed by atoms with Gasteiger partial charge in [0.2, 0.25) is 0 Å². The van der Waals surface area contributed by atoms with Gasteiger partial charge in [-0.25, -0.2) is 0 Å². The van der Waals surface area contributed by atoms with Crippen molar-refractivity contribution in [2.24, 2.45) is 0 Å². The maximum absolute atomic E-state index is 3.75. The molecule has 2 heteroatoms. The van der Waals surface area contributed by atoms with Crippen LogP contribution in [0.5, 0.6) is 0 Å². The molecule has 0 aliphatic heterocycles. The molecule has 0 saturated carbocycles. The molecule has 0 aliphatic rings. The Morgan fingerprint density at radius 2 is 1.04 bits per heavy atom. The van der Waals surface area contributed by atoms with E-state index >= 15 is 0 Å². The van der Waals surface area contributed by atoms with E-state index in [2.05, 4.69) is 71.7 Å². The molecule has 0 bridgehead atoms. The summed E-state index contributed by atoms with van der Waals surface area (Å²) in [6.07, 6.45) is 13.2. The summed E-state index contributed by atoms with van der Waals surface area (Å²) in [7, 11) is 0. The van der Waals surface area contributed by atoms with Gasteiger partial charge >= 0.3 is 0 Å². The molecule has 0 amide bonds. The zero-order chi connectivity index (χ0) is 17.9. The molecule has 24 heavy (non-hydrogen) atoms. The van der Waals surface area contributed by atoms with Crippen LogP contribution in [-0.4, -0.2) is 0 Å². The summed E-state index contributed by atoms with van der Waals surface area (Å²) in [5.41, 5.74) is 3.21. The van der Waals surface area contributed by atoms with Crippen molar-refractivity contribution in [3.63, 3.8) is 0 Å². The number of rotatable bonds is 12. The van der Waals surface area contributed by atoms with E-state index in [0.29, 0.717) is 11.8 Å². The molecular weight excluding hydrogens is 424 g/mol. The molecule has 2 atom stereocenters. The maximum atomic E-state index is 3.75. The summed E-state index contributed by atoms with van der Waals surface area (Å²) in [6, 6.07) is 4.81. The van der Waals surface area contributed by atoms with Crippen LogP contribution in [0.1, 0.15) is 115 Å². The maximum Gasteiger partial charge on any atom is 0.0320 e. The van der Waals surface area contributed by atoms with Crippen LogP contribution >= 0.6 is 31.9 Å². The van der Waals surface area contributed by atoms with Crippen LogP contribution in [0.3, 0.4) is 0 Å². The van der Waals surface area contributed by atoms with E-state index in [1.54, 1.807) is 11.1 Å². The van der Waals surface area contributed by atoms with Crippen molar-refractivity contribution in [3.05, 3.63) is 32.2 Å². The Morgan fingerprint density at radius 1 is 0.667 bits per heavy atom. The first-order valence-electron chi connectivity index (χ1n) is 10.1. The Morgan fingerprint density at radius 3 is 1.33 bits per heavy atom. The van der Waals surface area contributed by atoms with E-state index in [9.17, 15) is 0 Å². The molecule has 0 fully saturated rings. The van der Waals surface area contributed by atoms with E-state index in [4.69, 9.17) is 0 Å². The van der Waals surface area contributed by atoms with Crippen molar-refractivity contribution in [2.45, 2.75) is 104 Å². The number of halogens is 2. The van der Waals surface area contributed by atoms with Crippen molar-refractivity contribution in [3.8, 4) is 0 Å². The van der Waals surface area contributed by atoms with Gasteiger partial charge in [-0.2, -0.15) is 0 Å². The average Bonchev–Trinajstić information content (AvgIpc) is 2.58. The first-order valence-corrected chi connectivity index (χ1v) is 11.7. The minimum Gasteiger partial charge on any atom is -0.0654 e. The van der Waals surface area contributed by atoms with Crippen molar-refractivity contribution >= 4 is 31.9 Å². The number of hydrogen-bond acceptors (Lipinski definition) is 0. The zero-order valence-electron chi connectivity index (χ0n) is 16.1. The summed E-state index contributed by atoms with van der Waals surface area (Å²) in [6.45, 7) is 9.30. The largest absolute Gasteiger partial charge is 0.0654 e. The summed E-state index contributed by atoms with van der Waals surface area (Å²) >= 11 is 7.50. The number of unbranched alkanes of at least 4 members (excludes halogenated alkanes) is 4. The Kier molecular flexibility index (Phi) is 11.6. The van der Waals surface area contributed by atoms with Crippen LogP contribution < -0.4 is 0 Å². The Bertz CT molecular complexity index is 424. The first-order chi connectivity index (χ1) is 11.6. The summed E-state index contributed by atoms with van der Waals surface area (Å²) in [4.78, 5) is 0. The lowest BCUT2D eigenvalue weighted by atomic mass is 9.81. The molecule has 1 aromatic carbocycles. The molecule has 0 aromatic heterocycles. The van der Waals surface area contributed by atoms with E-state index < -0.39 is 0 Å². The second-order valence-electron chi connectivity index (χ2n) is 7.10. The molecule has 0 N–H and O–H groups in total. The molecular formula is C22H36Br2. The van der Waals surface area contributed by atoms with Gasteiger partial charge in [-0.15, -0.1) is 0 Å². The Labute approximate surface area is 167 Å². The zero-order valence-corrected chi connectivity index (χ0v) is 19.3. The van der Waals surface area contributed by atoms with Crippen molar-refractivity contribution in [1.82, 2.24) is 0 Å². The van der Waals surface area contributed by atoms with Crippen LogP contribution in [-0.2, 0) is 0 Å². The van der Waals surface area contributed by atoms with Crippen LogP contribution in [0.2, 0.25) is 0 Å². The minimum atomic E-state index is 0.705. The van der Waals surface area contributed by atoms with Gasteiger partial charge in [0.05, 0.1) is 0 Å². The van der Waals surface area contributed by atoms with Crippen LogP contribution in [0.25, 0.3) is 0 Å². The summed E-state index contributed by atoms with van der Waals surface area (Å²) < 4.78 is 2.41. The second kappa shape index (κ2) is 12.5. The number of hydrogen-bond donors (Lipinski definition) is 0. The molecule has 138 valence electrons. The minimum absolute atomic E-state index is 0.705. The predicted octanol–water partition coefficient (Wildman–Crippen LogP) is 9.36. The fourth-order valence-electron chi connectivity index (χ4n) is 3.73. The van der Waals surface area contributed by atoms with Crippen molar-refractivity contribution in [1.29, 1.82) is 0 Å². The predicted molar refractivity (Wildman–Crippen MR) is 116 cm³/mol. The van der Waals surface area contributed by atoms with Gasteiger partial charge in [-0.3, -0.25) is 0 Å². The lowest BCUT2D eigenvalue weighted by Crippen LogP contribution is -2.08. The van der Waals surface area contributed by atoms with Crippen LogP contribution in [0.15, 0.2) is 21.1 Å². The quantitative estimate of drug-likeness (QED) is 0.273. The van der Waals surface area contributed by atoms with E-state index in [1.165, 1.54) is 73.2 Å². The SMILES string of the molecule is CCCCCC(CC)c1cc(Br)c(Br)cc1C(CC)CCCCC. The molecule has 0 heterocycles. The molecule has 0 radical (unpaired) electrons. The summed E-state index contributed by atoms with van der Waals surface area (Å²) in [5, 5.41) is 0. The molecule has 1 aromatic rings. The number of benzene rings is 1. The van der Waals surface area contributed by atoms with Gasteiger partial charge < -0.3 is 0 Å². The smallest absolute Gasteiger partial charge is 0.0320 e. The van der Waals surface area contributed by atoms with Crippen LogP contribution in [0.4, 0.5) is 0 Å². The van der Waals surface area contributed by atoms with E-state index in [1.807, 2.05) is 0 Å². The van der Waals surface area contributed by atoms with Gasteiger partial charge in [0.25, 0.3) is 0 Å². The molecule has 0 nitrogen and oxygen atoms in total. The Balaban J connectivity index is 3.08.